The molecule has 2 aromatic heterocycles. The molecule has 11 heteroatoms. The van der Waals surface area contributed by atoms with Crippen molar-refractivity contribution in [2.75, 3.05) is 45.2 Å². The number of amides is 1. The minimum Gasteiger partial charge on any atom is -0.463 e. The molecule has 2 atom stereocenters. The second-order valence-corrected chi connectivity index (χ2v) is 11.3. The van der Waals surface area contributed by atoms with Gasteiger partial charge in [0.2, 0.25) is 5.91 Å². The summed E-state index contributed by atoms with van der Waals surface area (Å²) in [6.45, 7) is 9.81. The van der Waals surface area contributed by atoms with Gasteiger partial charge in [-0.05, 0) is 52.9 Å². The number of nitrogens with one attached hydrogen (secondary N) is 1. The number of anilines is 1. The molecule has 5 rings (SSSR count). The van der Waals surface area contributed by atoms with E-state index in [2.05, 4.69) is 25.0 Å². The summed E-state index contributed by atoms with van der Waals surface area (Å²) in [7, 11) is 3.99. The van der Waals surface area contributed by atoms with E-state index >= 15 is 4.39 Å². The van der Waals surface area contributed by atoms with E-state index in [1.807, 2.05) is 51.9 Å². The Morgan fingerprint density at radius 3 is 2.70 bits per heavy atom. The lowest BCUT2D eigenvalue weighted by Gasteiger charge is -2.44. The van der Waals surface area contributed by atoms with Gasteiger partial charge in [0.05, 0.1) is 23.3 Å². The van der Waals surface area contributed by atoms with Crippen molar-refractivity contribution in [2.24, 2.45) is 0 Å². The summed E-state index contributed by atoms with van der Waals surface area (Å²) in [5, 5.41) is 8.75. The SMILES string of the molecule is CC(=O)N1C[C@H](C)N(c2nc(OCCCN(C)C)nc3c(F)c(-c4c(C)ccc5cn[nH]c45)c(Cl)cc23)C[C@H]1C. The highest BCUT2D eigenvalue weighted by atomic mass is 35.5. The third-order valence-corrected chi connectivity index (χ3v) is 7.86. The largest absolute Gasteiger partial charge is 0.463 e. The van der Waals surface area contributed by atoms with Crippen LogP contribution in [-0.4, -0.2) is 88.3 Å². The van der Waals surface area contributed by atoms with Crippen LogP contribution in [0.1, 0.15) is 32.8 Å². The van der Waals surface area contributed by atoms with Gasteiger partial charge in [-0.3, -0.25) is 9.89 Å². The number of piperazine rings is 1. The van der Waals surface area contributed by atoms with E-state index in [1.165, 1.54) is 0 Å². The first-order valence-electron chi connectivity index (χ1n) is 13.5. The summed E-state index contributed by atoms with van der Waals surface area (Å²) < 4.78 is 22.6. The Kier molecular flexibility index (Phi) is 7.83. The molecule has 0 bridgehead atoms. The highest BCUT2D eigenvalue weighted by molar-refractivity contribution is 6.35. The molecular weight excluding hydrogens is 533 g/mol. The molecule has 0 spiro atoms. The van der Waals surface area contributed by atoms with Gasteiger partial charge in [0.25, 0.3) is 0 Å². The minimum atomic E-state index is -0.544. The maximum Gasteiger partial charge on any atom is 0.319 e. The molecule has 2 aromatic carbocycles. The number of nitrogens with zero attached hydrogens (tertiary/aromatic N) is 6. The maximum absolute atomic E-state index is 16.7. The summed E-state index contributed by atoms with van der Waals surface area (Å²) in [5.74, 6) is 0.0232. The molecule has 1 aliphatic heterocycles. The van der Waals surface area contributed by atoms with Crippen molar-refractivity contribution in [3.05, 3.63) is 40.8 Å². The number of carbonyl (C=O) groups is 1. The maximum atomic E-state index is 16.7. The number of hydrogen-bond acceptors (Lipinski definition) is 7. The van der Waals surface area contributed by atoms with Crippen molar-refractivity contribution < 1.29 is 13.9 Å². The van der Waals surface area contributed by atoms with Crippen LogP contribution in [0.3, 0.4) is 0 Å². The lowest BCUT2D eigenvalue weighted by molar-refractivity contribution is -0.131. The topological polar surface area (TPSA) is 90.5 Å². The van der Waals surface area contributed by atoms with Gasteiger partial charge in [-0.25, -0.2) is 4.39 Å². The number of aromatic nitrogens is 4. The number of fused-ring (bicyclic) bond motifs is 2. The molecule has 9 nitrogen and oxygen atoms in total. The summed E-state index contributed by atoms with van der Waals surface area (Å²) in [4.78, 5) is 27.6. The van der Waals surface area contributed by atoms with Crippen molar-refractivity contribution in [3.8, 4) is 17.1 Å². The summed E-state index contributed by atoms with van der Waals surface area (Å²) in [6, 6.07) is 5.59. The molecule has 1 saturated heterocycles. The highest BCUT2D eigenvalue weighted by Crippen LogP contribution is 2.42. The first kappa shape index (κ1) is 28.0. The number of carbonyl (C=O) groups excluding carboxylic acids is 1. The molecule has 4 aromatic rings. The van der Waals surface area contributed by atoms with Gasteiger partial charge >= 0.3 is 6.01 Å². The van der Waals surface area contributed by atoms with Crippen LogP contribution >= 0.6 is 11.6 Å². The smallest absolute Gasteiger partial charge is 0.319 e. The third-order valence-electron chi connectivity index (χ3n) is 7.56. The van der Waals surface area contributed by atoms with Crippen LogP contribution in [0.15, 0.2) is 24.4 Å². The standard InChI is InChI=1S/C29H35ClFN7O2/c1-16-8-9-20-13-32-35-26(20)23(16)24-22(30)12-21-27(25(24)31)33-29(40-11-7-10-36(5)6)34-28(21)38-15-17(2)37(19(4)39)14-18(38)3/h8-9,12-13,17-18H,7,10-11,14-15H2,1-6H3,(H,32,35)/t17-,18+/m1/s1. The van der Waals surface area contributed by atoms with E-state index in [1.54, 1.807) is 19.2 Å². The highest BCUT2D eigenvalue weighted by Gasteiger charge is 2.33. The summed E-state index contributed by atoms with van der Waals surface area (Å²) >= 11 is 6.86. The molecule has 0 saturated carbocycles. The Balaban J connectivity index is 1.67. The van der Waals surface area contributed by atoms with Crippen LogP contribution < -0.4 is 9.64 Å². The zero-order chi connectivity index (χ0) is 28.7. The number of halogens is 2. The molecule has 40 heavy (non-hydrogen) atoms. The normalized spacial score (nSPS) is 17.8. The zero-order valence-corrected chi connectivity index (χ0v) is 24.5. The van der Waals surface area contributed by atoms with Gasteiger partial charge in [0.15, 0.2) is 5.82 Å². The first-order chi connectivity index (χ1) is 19.1. The fourth-order valence-electron chi connectivity index (χ4n) is 5.52. The van der Waals surface area contributed by atoms with Crippen LogP contribution in [0.4, 0.5) is 10.2 Å². The van der Waals surface area contributed by atoms with Gasteiger partial charge in [0, 0.05) is 60.5 Å². The monoisotopic (exact) mass is 567 g/mol. The molecular formula is C29H35ClFN7O2. The number of aryl methyl sites for hydroxylation is 1. The Morgan fingerprint density at radius 1 is 1.20 bits per heavy atom. The Hall–Kier alpha value is -3.50. The van der Waals surface area contributed by atoms with E-state index < -0.39 is 5.82 Å². The fraction of sp³-hybridized carbons (Fsp3) is 0.448. The van der Waals surface area contributed by atoms with Crippen LogP contribution in [0.5, 0.6) is 6.01 Å². The zero-order valence-electron chi connectivity index (χ0n) is 23.8. The second-order valence-electron chi connectivity index (χ2n) is 10.9. The third kappa shape index (κ3) is 5.17. The van der Waals surface area contributed by atoms with Crippen LogP contribution in [0.2, 0.25) is 5.02 Å². The van der Waals surface area contributed by atoms with Gasteiger partial charge < -0.3 is 19.4 Å². The molecule has 3 heterocycles. The number of aromatic amines is 1. The molecule has 212 valence electrons. The number of ether oxygens (including phenoxy) is 1. The molecule has 1 N–H and O–H groups in total. The average Bonchev–Trinajstić information content (AvgIpc) is 3.37. The van der Waals surface area contributed by atoms with Crippen LogP contribution in [0, 0.1) is 12.7 Å². The lowest BCUT2D eigenvalue weighted by Crippen LogP contribution is -2.58. The van der Waals surface area contributed by atoms with Gasteiger partial charge in [-0.2, -0.15) is 15.1 Å². The van der Waals surface area contributed by atoms with Gasteiger partial charge in [-0.1, -0.05) is 23.7 Å². The van der Waals surface area contributed by atoms with Crippen LogP contribution in [0.25, 0.3) is 32.9 Å². The Bertz CT molecular complexity index is 1570. The van der Waals surface area contributed by atoms with Gasteiger partial charge in [-0.15, -0.1) is 0 Å². The predicted molar refractivity (Wildman–Crippen MR) is 157 cm³/mol. The number of rotatable bonds is 7. The minimum absolute atomic E-state index is 0.0264. The second kappa shape index (κ2) is 11.2. The van der Waals surface area contributed by atoms with E-state index in [9.17, 15) is 4.79 Å². The molecule has 1 fully saturated rings. The first-order valence-corrected chi connectivity index (χ1v) is 13.9. The molecule has 1 aliphatic rings. The average molecular weight is 568 g/mol. The van der Waals surface area contributed by atoms with E-state index in [0.29, 0.717) is 42.0 Å². The number of hydrogen-bond donors (Lipinski definition) is 1. The Morgan fingerprint density at radius 2 is 1.98 bits per heavy atom. The summed E-state index contributed by atoms with van der Waals surface area (Å²) in [6.07, 6.45) is 2.47. The predicted octanol–water partition coefficient (Wildman–Crippen LogP) is 5.05. The van der Waals surface area contributed by atoms with Gasteiger partial charge in [0.1, 0.15) is 11.3 Å². The molecule has 0 unspecified atom stereocenters. The van der Waals surface area contributed by atoms with Crippen molar-refractivity contribution in [3.63, 3.8) is 0 Å². The van der Waals surface area contributed by atoms with Crippen molar-refractivity contribution in [2.45, 2.75) is 46.2 Å². The van der Waals surface area contributed by atoms with E-state index in [4.69, 9.17) is 21.3 Å². The van der Waals surface area contributed by atoms with Crippen molar-refractivity contribution in [1.82, 2.24) is 30.0 Å². The molecule has 0 radical (unpaired) electrons. The Labute approximate surface area is 238 Å². The quantitative estimate of drug-likeness (QED) is 0.313. The van der Waals surface area contributed by atoms with E-state index in [-0.39, 0.29) is 40.1 Å². The van der Waals surface area contributed by atoms with E-state index in [0.717, 1.165) is 23.9 Å². The van der Waals surface area contributed by atoms with Crippen LogP contribution in [-0.2, 0) is 4.79 Å². The molecule has 0 aliphatic carbocycles. The lowest BCUT2D eigenvalue weighted by atomic mass is 9.96. The fourth-order valence-corrected chi connectivity index (χ4v) is 5.80. The van der Waals surface area contributed by atoms with Crippen molar-refractivity contribution >= 4 is 45.1 Å². The summed E-state index contributed by atoms with van der Waals surface area (Å²) in [5.41, 5.74) is 2.60. The number of H-pyrrole nitrogens is 1. The number of benzene rings is 2. The van der Waals surface area contributed by atoms with Crippen molar-refractivity contribution in [1.29, 1.82) is 0 Å². The molecule has 1 amide bonds.